The second kappa shape index (κ2) is 10.3. The van der Waals surface area contributed by atoms with Crippen LogP contribution in [0.2, 0.25) is 0 Å². The SMILES string of the molecule is O=C(N[C@@H](CO)c1ccc(OC2CCCCO2)cc1)OCC1c2ccccc2-c2ccccc21. The molecule has 1 saturated heterocycles. The highest BCUT2D eigenvalue weighted by molar-refractivity contribution is 5.79. The average Bonchev–Trinajstić information content (AvgIpc) is 3.21. The first-order valence-electron chi connectivity index (χ1n) is 11.8. The highest BCUT2D eigenvalue weighted by Crippen LogP contribution is 2.44. The van der Waals surface area contributed by atoms with E-state index in [-0.39, 0.29) is 25.4 Å². The molecule has 2 N–H and O–H groups in total. The molecule has 0 saturated carbocycles. The van der Waals surface area contributed by atoms with Crippen molar-refractivity contribution >= 4 is 6.09 Å². The summed E-state index contributed by atoms with van der Waals surface area (Å²) < 4.78 is 17.1. The van der Waals surface area contributed by atoms with Crippen LogP contribution >= 0.6 is 0 Å². The van der Waals surface area contributed by atoms with Crippen LogP contribution in [0.15, 0.2) is 72.8 Å². The molecule has 34 heavy (non-hydrogen) atoms. The van der Waals surface area contributed by atoms with Crippen molar-refractivity contribution in [2.75, 3.05) is 19.8 Å². The molecule has 2 atom stereocenters. The largest absolute Gasteiger partial charge is 0.465 e. The predicted molar refractivity (Wildman–Crippen MR) is 129 cm³/mol. The molecule has 0 aromatic heterocycles. The molecule has 1 fully saturated rings. The minimum atomic E-state index is -0.573. The van der Waals surface area contributed by atoms with Gasteiger partial charge in [-0.3, -0.25) is 0 Å². The maximum Gasteiger partial charge on any atom is 0.407 e. The summed E-state index contributed by atoms with van der Waals surface area (Å²) in [6, 6.07) is 23.2. The lowest BCUT2D eigenvalue weighted by molar-refractivity contribution is -0.105. The Balaban J connectivity index is 1.19. The summed E-state index contributed by atoms with van der Waals surface area (Å²) in [6.45, 7) is 0.710. The number of hydrogen-bond acceptors (Lipinski definition) is 5. The van der Waals surface area contributed by atoms with E-state index in [1.807, 2.05) is 48.5 Å². The number of fused-ring (bicyclic) bond motifs is 3. The highest BCUT2D eigenvalue weighted by Gasteiger charge is 2.29. The Morgan fingerprint density at radius 3 is 2.26 bits per heavy atom. The average molecular weight is 460 g/mol. The number of rotatable bonds is 7. The minimum absolute atomic E-state index is 0.0100. The second-order valence-corrected chi connectivity index (χ2v) is 8.69. The summed E-state index contributed by atoms with van der Waals surface area (Å²) in [4.78, 5) is 12.6. The van der Waals surface area contributed by atoms with Crippen LogP contribution in [0.5, 0.6) is 5.75 Å². The van der Waals surface area contributed by atoms with Gasteiger partial charge in [-0.05, 0) is 52.8 Å². The number of aliphatic hydroxyl groups is 1. The van der Waals surface area contributed by atoms with E-state index in [9.17, 15) is 9.90 Å². The van der Waals surface area contributed by atoms with E-state index in [2.05, 4.69) is 29.6 Å². The Morgan fingerprint density at radius 1 is 0.971 bits per heavy atom. The van der Waals surface area contributed by atoms with E-state index in [0.29, 0.717) is 5.75 Å². The van der Waals surface area contributed by atoms with Crippen molar-refractivity contribution in [3.8, 4) is 16.9 Å². The van der Waals surface area contributed by atoms with E-state index >= 15 is 0 Å². The molecule has 3 aromatic carbocycles. The van der Waals surface area contributed by atoms with Gasteiger partial charge in [-0.1, -0.05) is 60.7 Å². The first-order chi connectivity index (χ1) is 16.7. The van der Waals surface area contributed by atoms with Crippen LogP contribution in [0, 0.1) is 0 Å². The zero-order valence-electron chi connectivity index (χ0n) is 19.0. The van der Waals surface area contributed by atoms with Crippen LogP contribution in [0.3, 0.4) is 0 Å². The summed E-state index contributed by atoms with van der Waals surface area (Å²) in [6.07, 6.45) is 2.27. The molecule has 6 nitrogen and oxygen atoms in total. The maximum absolute atomic E-state index is 12.6. The van der Waals surface area contributed by atoms with Gasteiger partial charge in [0.05, 0.1) is 19.3 Å². The number of alkyl carbamates (subject to hydrolysis) is 1. The second-order valence-electron chi connectivity index (χ2n) is 8.69. The van der Waals surface area contributed by atoms with Gasteiger partial charge in [-0.15, -0.1) is 0 Å². The zero-order chi connectivity index (χ0) is 23.3. The lowest BCUT2D eigenvalue weighted by Crippen LogP contribution is -2.32. The van der Waals surface area contributed by atoms with Crippen molar-refractivity contribution in [2.45, 2.75) is 37.5 Å². The van der Waals surface area contributed by atoms with Crippen molar-refractivity contribution in [1.82, 2.24) is 5.32 Å². The van der Waals surface area contributed by atoms with Crippen LogP contribution < -0.4 is 10.1 Å². The van der Waals surface area contributed by atoms with Crippen LogP contribution in [-0.2, 0) is 9.47 Å². The molecule has 2 aliphatic rings. The normalized spacial score (nSPS) is 18.0. The number of carbonyl (C=O) groups excluding carboxylic acids is 1. The molecule has 0 spiro atoms. The quantitative estimate of drug-likeness (QED) is 0.510. The number of nitrogens with one attached hydrogen (secondary N) is 1. The van der Waals surface area contributed by atoms with Gasteiger partial charge >= 0.3 is 6.09 Å². The van der Waals surface area contributed by atoms with E-state index in [1.54, 1.807) is 0 Å². The molecular formula is C28H29NO5. The Bertz CT molecular complexity index is 1080. The number of amides is 1. The topological polar surface area (TPSA) is 77.0 Å². The smallest absolute Gasteiger partial charge is 0.407 e. The molecule has 1 aliphatic carbocycles. The highest BCUT2D eigenvalue weighted by atomic mass is 16.7. The van der Waals surface area contributed by atoms with E-state index in [4.69, 9.17) is 14.2 Å². The van der Waals surface area contributed by atoms with Gasteiger partial charge in [-0.25, -0.2) is 4.79 Å². The van der Waals surface area contributed by atoms with Gasteiger partial charge in [0.1, 0.15) is 12.4 Å². The number of benzene rings is 3. The third-order valence-corrected chi connectivity index (χ3v) is 6.51. The van der Waals surface area contributed by atoms with Gasteiger partial charge in [-0.2, -0.15) is 0 Å². The molecule has 1 unspecified atom stereocenters. The summed E-state index contributed by atoms with van der Waals surface area (Å²) in [5.41, 5.74) is 5.45. The molecule has 6 heteroatoms. The molecule has 1 aliphatic heterocycles. The molecule has 0 radical (unpaired) electrons. The fourth-order valence-electron chi connectivity index (χ4n) is 4.75. The van der Waals surface area contributed by atoms with Crippen molar-refractivity contribution in [2.24, 2.45) is 0 Å². The van der Waals surface area contributed by atoms with Crippen LogP contribution in [0.25, 0.3) is 11.1 Å². The summed E-state index contributed by atoms with van der Waals surface area (Å²) in [7, 11) is 0. The Kier molecular flexibility index (Phi) is 6.79. The fourth-order valence-corrected chi connectivity index (χ4v) is 4.75. The molecule has 1 amide bonds. The Labute approximate surface area is 199 Å². The Morgan fingerprint density at radius 2 is 1.65 bits per heavy atom. The van der Waals surface area contributed by atoms with Crippen LogP contribution in [0.1, 0.15) is 47.9 Å². The van der Waals surface area contributed by atoms with Gasteiger partial charge in [0.25, 0.3) is 0 Å². The summed E-state index contributed by atoms with van der Waals surface area (Å²) in [5.74, 6) is 0.692. The number of hydrogen-bond donors (Lipinski definition) is 2. The summed E-state index contributed by atoms with van der Waals surface area (Å²) in [5, 5.41) is 12.7. The van der Waals surface area contributed by atoms with Gasteiger partial charge in [0.15, 0.2) is 6.29 Å². The fraction of sp³-hybridized carbons (Fsp3) is 0.321. The van der Waals surface area contributed by atoms with Crippen LogP contribution in [0.4, 0.5) is 4.79 Å². The van der Waals surface area contributed by atoms with Gasteiger partial charge < -0.3 is 24.6 Å². The Hall–Kier alpha value is -3.35. The van der Waals surface area contributed by atoms with Gasteiger partial charge in [0, 0.05) is 12.3 Å². The zero-order valence-corrected chi connectivity index (χ0v) is 19.0. The number of ether oxygens (including phenoxy) is 3. The third kappa shape index (κ3) is 4.79. The molecule has 1 heterocycles. The summed E-state index contributed by atoms with van der Waals surface area (Å²) >= 11 is 0. The van der Waals surface area contributed by atoms with Crippen LogP contribution in [-0.4, -0.2) is 37.3 Å². The van der Waals surface area contributed by atoms with Gasteiger partial charge in [0.2, 0.25) is 0 Å². The first-order valence-corrected chi connectivity index (χ1v) is 11.8. The number of aliphatic hydroxyl groups excluding tert-OH is 1. The molecular weight excluding hydrogens is 430 g/mol. The third-order valence-electron chi connectivity index (χ3n) is 6.51. The molecule has 176 valence electrons. The van der Waals surface area contributed by atoms with E-state index < -0.39 is 12.1 Å². The number of carbonyl (C=O) groups is 1. The lowest BCUT2D eigenvalue weighted by Gasteiger charge is -2.24. The monoisotopic (exact) mass is 459 g/mol. The van der Waals surface area contributed by atoms with E-state index in [1.165, 1.54) is 11.1 Å². The first kappa shape index (κ1) is 22.4. The van der Waals surface area contributed by atoms with E-state index in [0.717, 1.165) is 42.6 Å². The molecule has 5 rings (SSSR count). The molecule has 3 aromatic rings. The lowest BCUT2D eigenvalue weighted by atomic mass is 9.98. The van der Waals surface area contributed by atoms with Crippen molar-refractivity contribution in [3.63, 3.8) is 0 Å². The predicted octanol–water partition coefficient (Wildman–Crippen LogP) is 5.16. The van der Waals surface area contributed by atoms with Crippen molar-refractivity contribution in [3.05, 3.63) is 89.5 Å². The molecule has 0 bridgehead atoms. The van der Waals surface area contributed by atoms with Crippen molar-refractivity contribution < 1.29 is 24.1 Å². The standard InChI is InChI=1S/C28H29NO5/c30-17-26(19-12-14-20(15-13-19)34-27-11-5-6-16-32-27)29-28(31)33-18-25-23-9-3-1-7-21(23)22-8-2-4-10-24(22)25/h1-4,7-10,12-15,25-27,30H,5-6,11,16-18H2,(H,29,31)/t26-,27?/m0/s1. The minimum Gasteiger partial charge on any atom is -0.465 e. The maximum atomic E-state index is 12.6. The van der Waals surface area contributed by atoms with Crippen molar-refractivity contribution in [1.29, 1.82) is 0 Å².